The van der Waals surface area contributed by atoms with Crippen LogP contribution in [0.3, 0.4) is 0 Å². The van der Waals surface area contributed by atoms with Gasteiger partial charge in [0.2, 0.25) is 0 Å². The summed E-state index contributed by atoms with van der Waals surface area (Å²) in [4.78, 5) is 0. The maximum Gasteiger partial charge on any atom is 0.127 e. The normalized spacial score (nSPS) is 22.6. The van der Waals surface area contributed by atoms with E-state index in [-0.39, 0.29) is 21.7 Å². The van der Waals surface area contributed by atoms with Gasteiger partial charge in [-0.2, -0.15) is 0 Å². The van der Waals surface area contributed by atoms with E-state index in [2.05, 4.69) is 137 Å². The predicted molar refractivity (Wildman–Crippen MR) is 211 cm³/mol. The first-order valence-corrected chi connectivity index (χ1v) is 21.2. The molecule has 4 aliphatic rings. The molecule has 0 saturated carbocycles. The fraction of sp³-hybridized carbons (Fsp3) is 0.478. The van der Waals surface area contributed by atoms with E-state index in [4.69, 9.17) is 4.74 Å². The van der Waals surface area contributed by atoms with Crippen LogP contribution < -0.4 is 20.4 Å². The largest absolute Gasteiger partial charge is 0.489 e. The third-order valence-corrected chi connectivity index (χ3v) is 18.1. The van der Waals surface area contributed by atoms with Gasteiger partial charge in [0, 0.05) is 22.1 Å². The van der Waals surface area contributed by atoms with E-state index in [1.54, 1.807) is 43.5 Å². The number of fused-ring (bicyclic) bond motifs is 9. The van der Waals surface area contributed by atoms with E-state index >= 15 is 0 Å². The van der Waals surface area contributed by atoms with Crippen molar-refractivity contribution in [2.45, 2.75) is 124 Å². The molecule has 3 aromatic carbocycles. The van der Waals surface area contributed by atoms with Crippen LogP contribution in [-0.2, 0) is 17.3 Å². The van der Waals surface area contributed by atoms with Crippen LogP contribution in [0.15, 0.2) is 72.9 Å². The summed E-state index contributed by atoms with van der Waals surface area (Å²) in [6.07, 6.45) is 17.2. The molecule has 7 rings (SSSR count). The molecule has 0 fully saturated rings. The highest BCUT2D eigenvalue weighted by Gasteiger charge is 2.50. The topological polar surface area (TPSA) is 9.23 Å². The Morgan fingerprint density at radius 1 is 0.833 bits per heavy atom. The van der Waals surface area contributed by atoms with Crippen LogP contribution in [0.25, 0.3) is 22.0 Å². The van der Waals surface area contributed by atoms with Crippen molar-refractivity contribution in [3.63, 3.8) is 0 Å². The Morgan fingerprint density at radius 3 is 2.19 bits per heavy atom. The summed E-state index contributed by atoms with van der Waals surface area (Å²) < 4.78 is 6.80. The van der Waals surface area contributed by atoms with Crippen molar-refractivity contribution in [1.82, 2.24) is 0 Å². The lowest BCUT2D eigenvalue weighted by atomic mass is 9.61. The van der Waals surface area contributed by atoms with Gasteiger partial charge < -0.3 is 4.74 Å². The van der Waals surface area contributed by atoms with Gasteiger partial charge in [-0.1, -0.05) is 155 Å². The van der Waals surface area contributed by atoms with Crippen LogP contribution in [0.2, 0.25) is 12.1 Å². The minimum Gasteiger partial charge on any atom is -0.489 e. The Kier molecular flexibility index (Phi) is 7.80. The number of allylic oxidation sites excluding steroid dienone is 4. The highest BCUT2D eigenvalue weighted by Crippen LogP contribution is 2.55. The van der Waals surface area contributed by atoms with Gasteiger partial charge in [-0.3, -0.25) is 0 Å². The maximum absolute atomic E-state index is 6.80. The number of benzene rings is 3. The van der Waals surface area contributed by atoms with Crippen LogP contribution in [0, 0.1) is 10.8 Å². The molecule has 0 aromatic heterocycles. The van der Waals surface area contributed by atoms with Gasteiger partial charge in [0.25, 0.3) is 0 Å². The van der Waals surface area contributed by atoms with Gasteiger partial charge in [-0.15, -0.1) is 0 Å². The Bertz CT molecular complexity index is 2020. The zero-order valence-corrected chi connectivity index (χ0v) is 32.5. The van der Waals surface area contributed by atoms with Crippen molar-refractivity contribution < 1.29 is 4.74 Å². The first kappa shape index (κ1) is 33.4. The lowest BCUT2D eigenvalue weighted by Gasteiger charge is -2.43. The molecule has 0 amide bonds. The highest BCUT2D eigenvalue weighted by atomic mass is 28.3. The van der Waals surface area contributed by atoms with Gasteiger partial charge in [0.15, 0.2) is 0 Å². The van der Waals surface area contributed by atoms with Crippen molar-refractivity contribution in [2.75, 3.05) is 6.61 Å². The van der Waals surface area contributed by atoms with Gasteiger partial charge in [0.1, 0.15) is 20.4 Å². The van der Waals surface area contributed by atoms with E-state index in [0.29, 0.717) is 12.5 Å². The fourth-order valence-corrected chi connectivity index (χ4v) is 15.1. The molecule has 1 atom stereocenters. The summed E-state index contributed by atoms with van der Waals surface area (Å²) >= 11 is 0. The first-order chi connectivity index (χ1) is 22.6. The number of rotatable bonds is 7. The third-order valence-electron chi connectivity index (χ3n) is 12.8. The standard InChI is InChI=1S/C46H58OSi/c1-12-27-47-41-31-18-16-15-17-30(31)19-20-36(41)48(13-2,14-3)42-35-29-44(6,7)23-21-32(35)37-38(42)34-28-43(4,5)24-22-33(34)39-40(37)46(10,11)26-25-45(39,8)9/h12,15-20,25-26,28-29,32H,1,13-14,21-24,27H2,2-11H3. The summed E-state index contributed by atoms with van der Waals surface area (Å²) in [6, 6.07) is 16.0. The van der Waals surface area contributed by atoms with E-state index in [1.165, 1.54) is 35.2 Å². The zero-order valence-electron chi connectivity index (χ0n) is 31.5. The van der Waals surface area contributed by atoms with E-state index in [9.17, 15) is 0 Å². The van der Waals surface area contributed by atoms with Crippen LogP contribution in [0.1, 0.15) is 117 Å². The van der Waals surface area contributed by atoms with Gasteiger partial charge in [0.05, 0.1) is 0 Å². The number of hydrogen-bond donors (Lipinski definition) is 0. The summed E-state index contributed by atoms with van der Waals surface area (Å²) in [7, 11) is -2.40. The number of ether oxygens (including phenoxy) is 1. The minimum absolute atomic E-state index is 0.00787. The molecule has 0 heterocycles. The second kappa shape index (κ2) is 11.2. The lowest BCUT2D eigenvalue weighted by Crippen LogP contribution is -2.53. The molecule has 0 saturated heterocycles. The molecule has 4 aliphatic carbocycles. The molecule has 0 aliphatic heterocycles. The van der Waals surface area contributed by atoms with E-state index in [0.717, 1.165) is 24.3 Å². The van der Waals surface area contributed by atoms with Crippen LogP contribution in [0.5, 0.6) is 5.75 Å². The Morgan fingerprint density at radius 2 is 1.50 bits per heavy atom. The maximum atomic E-state index is 6.80. The lowest BCUT2D eigenvalue weighted by molar-refractivity contribution is 0.370. The second-order valence-corrected chi connectivity index (χ2v) is 22.6. The molecule has 2 heteroatoms. The SMILES string of the molecule is C=CCOc1c([Si](CC)(CC)C2=c3c(c4c(c5c3=CC(C)(C)CC5)C(C)(C)C=CC4(C)C)C3CCC(C)(C)C=C23)ccc2ccccc12. The van der Waals surface area contributed by atoms with Crippen molar-refractivity contribution >= 4 is 35.3 Å². The van der Waals surface area contributed by atoms with Crippen LogP contribution in [-0.4, -0.2) is 14.7 Å². The average molecular weight is 655 g/mol. The number of hydrogen-bond acceptors (Lipinski definition) is 1. The molecular formula is C46H58OSi. The zero-order chi connectivity index (χ0) is 34.4. The molecular weight excluding hydrogens is 597 g/mol. The molecule has 0 N–H and O–H groups in total. The minimum atomic E-state index is -2.40. The average Bonchev–Trinajstić information content (AvgIpc) is 3.36. The molecule has 1 unspecified atom stereocenters. The predicted octanol–water partition coefficient (Wildman–Crippen LogP) is 10.2. The Labute approximate surface area is 291 Å². The van der Waals surface area contributed by atoms with Gasteiger partial charge >= 0.3 is 0 Å². The fourth-order valence-electron chi connectivity index (χ4n) is 10.3. The Hall–Kier alpha value is -3.10. The molecule has 0 bridgehead atoms. The van der Waals surface area contributed by atoms with Crippen molar-refractivity contribution in [3.8, 4) is 5.75 Å². The van der Waals surface area contributed by atoms with E-state index < -0.39 is 8.07 Å². The first-order valence-electron chi connectivity index (χ1n) is 18.8. The van der Waals surface area contributed by atoms with Gasteiger partial charge in [-0.25, -0.2) is 0 Å². The van der Waals surface area contributed by atoms with Crippen molar-refractivity contribution in [3.05, 3.63) is 106 Å². The molecule has 0 spiro atoms. The monoisotopic (exact) mass is 654 g/mol. The van der Waals surface area contributed by atoms with Gasteiger partial charge in [-0.05, 0) is 90.5 Å². The second-order valence-electron chi connectivity index (χ2n) is 17.9. The third kappa shape index (κ3) is 4.91. The smallest absolute Gasteiger partial charge is 0.127 e. The molecule has 1 nitrogen and oxygen atoms in total. The van der Waals surface area contributed by atoms with Crippen LogP contribution >= 0.6 is 0 Å². The summed E-state index contributed by atoms with van der Waals surface area (Å²) in [5.41, 5.74) is 8.60. The summed E-state index contributed by atoms with van der Waals surface area (Å²) in [5.74, 6) is 1.54. The quantitative estimate of drug-likeness (QED) is 0.182. The molecule has 0 radical (unpaired) electrons. The van der Waals surface area contributed by atoms with Crippen molar-refractivity contribution in [2.24, 2.45) is 10.8 Å². The van der Waals surface area contributed by atoms with Crippen molar-refractivity contribution in [1.29, 1.82) is 0 Å². The summed E-state index contributed by atoms with van der Waals surface area (Å²) in [5, 5.41) is 8.91. The highest BCUT2D eigenvalue weighted by molar-refractivity contribution is 7.06. The summed E-state index contributed by atoms with van der Waals surface area (Å²) in [6.45, 7) is 29.4. The molecule has 3 aromatic rings. The molecule has 48 heavy (non-hydrogen) atoms. The van der Waals surface area contributed by atoms with Crippen LogP contribution in [0.4, 0.5) is 0 Å². The Balaban J connectivity index is 1.74. The van der Waals surface area contributed by atoms with E-state index in [1.807, 2.05) is 6.08 Å². The molecule has 252 valence electrons.